The van der Waals surface area contributed by atoms with Gasteiger partial charge in [0.1, 0.15) is 11.9 Å². The van der Waals surface area contributed by atoms with Gasteiger partial charge in [-0.05, 0) is 12.0 Å². The minimum atomic E-state index is -1.06. The first-order valence-corrected chi connectivity index (χ1v) is 4.43. The predicted octanol–water partition coefficient (Wildman–Crippen LogP) is -0.0749. The topological polar surface area (TPSA) is 113 Å². The van der Waals surface area contributed by atoms with Crippen molar-refractivity contribution in [3.05, 3.63) is 35.4 Å². The molecule has 6 N–H and O–H groups in total. The predicted molar refractivity (Wildman–Crippen MR) is 56.8 cm³/mol. The van der Waals surface area contributed by atoms with Crippen LogP contribution in [-0.4, -0.2) is 23.0 Å². The standard InChI is InChI=1S/C10H13N3O2/c11-8(10(14)15)5-6-3-1-2-4-7(6)9(12)13/h1-4,8H,5,11H2,(H3,12,13)(H,14,15). The molecule has 0 aromatic heterocycles. The van der Waals surface area contributed by atoms with Gasteiger partial charge in [0.2, 0.25) is 0 Å². The van der Waals surface area contributed by atoms with Crippen molar-refractivity contribution in [2.24, 2.45) is 11.5 Å². The van der Waals surface area contributed by atoms with E-state index in [9.17, 15) is 4.79 Å². The minimum absolute atomic E-state index is 0.0804. The molecule has 0 spiro atoms. The van der Waals surface area contributed by atoms with Crippen molar-refractivity contribution in [2.45, 2.75) is 12.5 Å². The summed E-state index contributed by atoms with van der Waals surface area (Å²) >= 11 is 0. The Hall–Kier alpha value is -1.88. The summed E-state index contributed by atoms with van der Waals surface area (Å²) in [5.41, 5.74) is 12.0. The Morgan fingerprint density at radius 1 is 1.47 bits per heavy atom. The molecule has 1 atom stereocenters. The Morgan fingerprint density at radius 3 is 2.60 bits per heavy atom. The van der Waals surface area contributed by atoms with Crippen LogP contribution < -0.4 is 11.5 Å². The van der Waals surface area contributed by atoms with Crippen LogP contribution in [0.1, 0.15) is 11.1 Å². The van der Waals surface area contributed by atoms with Crippen molar-refractivity contribution in [1.29, 1.82) is 5.41 Å². The smallest absolute Gasteiger partial charge is 0.320 e. The van der Waals surface area contributed by atoms with E-state index in [4.69, 9.17) is 22.0 Å². The summed E-state index contributed by atoms with van der Waals surface area (Å²) in [6.45, 7) is 0. The van der Waals surface area contributed by atoms with Gasteiger partial charge < -0.3 is 16.6 Å². The summed E-state index contributed by atoms with van der Waals surface area (Å²) in [4.78, 5) is 10.6. The molecule has 15 heavy (non-hydrogen) atoms. The number of hydrogen-bond acceptors (Lipinski definition) is 3. The Morgan fingerprint density at radius 2 is 2.07 bits per heavy atom. The number of benzene rings is 1. The van der Waals surface area contributed by atoms with E-state index >= 15 is 0 Å². The first-order valence-electron chi connectivity index (χ1n) is 4.43. The molecule has 0 aliphatic rings. The van der Waals surface area contributed by atoms with E-state index in [2.05, 4.69) is 0 Å². The molecule has 1 rings (SSSR count). The number of amidine groups is 1. The highest BCUT2D eigenvalue weighted by molar-refractivity contribution is 5.96. The zero-order valence-electron chi connectivity index (χ0n) is 8.10. The Kier molecular flexibility index (Phi) is 3.41. The number of carboxylic acid groups (broad SMARTS) is 1. The van der Waals surface area contributed by atoms with Crippen LogP contribution >= 0.6 is 0 Å². The summed E-state index contributed by atoms with van der Waals surface area (Å²) in [7, 11) is 0. The average molecular weight is 207 g/mol. The molecule has 1 aromatic rings. The third kappa shape index (κ3) is 2.78. The van der Waals surface area contributed by atoms with Crippen molar-refractivity contribution >= 4 is 11.8 Å². The number of carboxylic acids is 1. The largest absolute Gasteiger partial charge is 0.480 e. The first-order chi connectivity index (χ1) is 7.02. The molecule has 0 bridgehead atoms. The fraction of sp³-hybridized carbons (Fsp3) is 0.200. The Bertz CT molecular complexity index is 390. The Labute approximate surface area is 87.2 Å². The van der Waals surface area contributed by atoms with Gasteiger partial charge in [-0.3, -0.25) is 10.2 Å². The van der Waals surface area contributed by atoms with Crippen molar-refractivity contribution in [2.75, 3.05) is 0 Å². The number of rotatable bonds is 4. The van der Waals surface area contributed by atoms with Gasteiger partial charge in [-0.1, -0.05) is 24.3 Å². The van der Waals surface area contributed by atoms with Gasteiger partial charge in [0.15, 0.2) is 0 Å². The number of aliphatic carboxylic acids is 1. The normalized spacial score (nSPS) is 12.1. The zero-order chi connectivity index (χ0) is 11.4. The molecule has 0 amide bonds. The monoisotopic (exact) mass is 207 g/mol. The van der Waals surface area contributed by atoms with Crippen molar-refractivity contribution < 1.29 is 9.90 Å². The molecule has 0 aliphatic carbocycles. The molecule has 0 saturated heterocycles. The van der Waals surface area contributed by atoms with E-state index in [0.717, 1.165) is 0 Å². The van der Waals surface area contributed by atoms with E-state index < -0.39 is 12.0 Å². The number of hydrogen-bond donors (Lipinski definition) is 4. The molecule has 5 heteroatoms. The molecule has 0 radical (unpaired) electrons. The van der Waals surface area contributed by atoms with E-state index in [-0.39, 0.29) is 12.3 Å². The third-order valence-electron chi connectivity index (χ3n) is 2.06. The number of nitrogen functional groups attached to an aromatic ring is 1. The third-order valence-corrected chi connectivity index (χ3v) is 2.06. The first kappa shape index (κ1) is 11.2. The summed E-state index contributed by atoms with van der Waals surface area (Å²) in [6.07, 6.45) is 0.172. The van der Waals surface area contributed by atoms with Gasteiger partial charge in [-0.15, -0.1) is 0 Å². The van der Waals surface area contributed by atoms with Crippen LogP contribution in [0.5, 0.6) is 0 Å². The molecule has 0 saturated carbocycles. The van der Waals surface area contributed by atoms with Crippen LogP contribution in [0.2, 0.25) is 0 Å². The highest BCUT2D eigenvalue weighted by atomic mass is 16.4. The highest BCUT2D eigenvalue weighted by Gasteiger charge is 2.14. The van der Waals surface area contributed by atoms with Gasteiger partial charge >= 0.3 is 5.97 Å². The SMILES string of the molecule is N=C(N)c1ccccc1CC(N)C(=O)O. The van der Waals surface area contributed by atoms with Gasteiger partial charge in [0, 0.05) is 5.56 Å². The van der Waals surface area contributed by atoms with Crippen LogP contribution in [-0.2, 0) is 11.2 Å². The van der Waals surface area contributed by atoms with Gasteiger partial charge in [-0.25, -0.2) is 0 Å². The van der Waals surface area contributed by atoms with E-state index in [1.165, 1.54) is 0 Å². The minimum Gasteiger partial charge on any atom is -0.480 e. The molecular formula is C10H13N3O2. The molecule has 0 aliphatic heterocycles. The summed E-state index contributed by atoms with van der Waals surface area (Å²) in [6, 6.07) is 5.93. The second kappa shape index (κ2) is 4.56. The summed E-state index contributed by atoms with van der Waals surface area (Å²) in [5, 5.41) is 16.0. The number of carbonyl (C=O) groups is 1. The molecule has 1 aromatic carbocycles. The van der Waals surface area contributed by atoms with Gasteiger partial charge in [0.05, 0.1) is 0 Å². The fourth-order valence-corrected chi connectivity index (χ4v) is 1.29. The summed E-state index contributed by atoms with van der Waals surface area (Å²) in [5.74, 6) is -1.14. The Balaban J connectivity index is 2.94. The van der Waals surface area contributed by atoms with Crippen LogP contribution in [0.25, 0.3) is 0 Å². The molecule has 0 fully saturated rings. The van der Waals surface area contributed by atoms with Crippen LogP contribution in [0, 0.1) is 5.41 Å². The fourth-order valence-electron chi connectivity index (χ4n) is 1.29. The van der Waals surface area contributed by atoms with E-state index in [0.29, 0.717) is 11.1 Å². The average Bonchev–Trinajstić information content (AvgIpc) is 2.18. The second-order valence-corrected chi connectivity index (χ2v) is 3.22. The number of nitrogens with one attached hydrogen (secondary N) is 1. The lowest BCUT2D eigenvalue weighted by molar-refractivity contribution is -0.138. The van der Waals surface area contributed by atoms with Crippen molar-refractivity contribution in [3.63, 3.8) is 0 Å². The molecule has 0 heterocycles. The maximum absolute atomic E-state index is 10.6. The lowest BCUT2D eigenvalue weighted by Crippen LogP contribution is -2.33. The highest BCUT2D eigenvalue weighted by Crippen LogP contribution is 2.10. The van der Waals surface area contributed by atoms with Crippen molar-refractivity contribution in [1.82, 2.24) is 0 Å². The van der Waals surface area contributed by atoms with Crippen LogP contribution in [0.3, 0.4) is 0 Å². The molecular weight excluding hydrogens is 194 g/mol. The molecule has 5 nitrogen and oxygen atoms in total. The number of nitrogens with two attached hydrogens (primary N) is 2. The second-order valence-electron chi connectivity index (χ2n) is 3.22. The van der Waals surface area contributed by atoms with Gasteiger partial charge in [0.25, 0.3) is 0 Å². The maximum atomic E-state index is 10.6. The molecule has 1 unspecified atom stereocenters. The van der Waals surface area contributed by atoms with Crippen LogP contribution in [0.15, 0.2) is 24.3 Å². The van der Waals surface area contributed by atoms with E-state index in [1.807, 2.05) is 0 Å². The lowest BCUT2D eigenvalue weighted by Gasteiger charge is -2.10. The van der Waals surface area contributed by atoms with Gasteiger partial charge in [-0.2, -0.15) is 0 Å². The molecule has 80 valence electrons. The van der Waals surface area contributed by atoms with Crippen molar-refractivity contribution in [3.8, 4) is 0 Å². The quantitative estimate of drug-likeness (QED) is 0.408. The zero-order valence-corrected chi connectivity index (χ0v) is 8.10. The van der Waals surface area contributed by atoms with E-state index in [1.54, 1.807) is 24.3 Å². The summed E-state index contributed by atoms with van der Waals surface area (Å²) < 4.78 is 0. The maximum Gasteiger partial charge on any atom is 0.320 e. The van der Waals surface area contributed by atoms with Crippen LogP contribution in [0.4, 0.5) is 0 Å². The lowest BCUT2D eigenvalue weighted by atomic mass is 10.00.